The van der Waals surface area contributed by atoms with Crippen molar-refractivity contribution < 1.29 is 4.39 Å². The van der Waals surface area contributed by atoms with Crippen LogP contribution in [0, 0.1) is 17.5 Å². The van der Waals surface area contributed by atoms with Gasteiger partial charge in [-0.2, -0.15) is 0 Å². The van der Waals surface area contributed by atoms with Crippen molar-refractivity contribution in [3.8, 4) is 5.69 Å². The second-order valence-corrected chi connectivity index (χ2v) is 4.91. The quantitative estimate of drug-likeness (QED) is 0.695. The zero-order valence-corrected chi connectivity index (χ0v) is 11.5. The standard InChI is InChI=1S/C15H11FN2OS/c1-9-5-4-7-11(16)13(9)18-14(19)10-6-2-3-8-12(10)17-15(18)20/h2-8H,1H3,(H,17,20). The average molecular weight is 286 g/mol. The molecule has 0 atom stereocenters. The van der Waals surface area contributed by atoms with Crippen LogP contribution < -0.4 is 5.56 Å². The lowest BCUT2D eigenvalue weighted by Crippen LogP contribution is -2.22. The molecule has 3 rings (SSSR count). The maximum absolute atomic E-state index is 14.1. The molecule has 5 heteroatoms. The van der Waals surface area contributed by atoms with E-state index in [-0.39, 0.29) is 16.0 Å². The van der Waals surface area contributed by atoms with Crippen molar-refractivity contribution >= 4 is 23.1 Å². The summed E-state index contributed by atoms with van der Waals surface area (Å²) in [6.07, 6.45) is 0. The van der Waals surface area contributed by atoms with Crippen LogP contribution in [0.25, 0.3) is 16.6 Å². The molecule has 3 nitrogen and oxygen atoms in total. The van der Waals surface area contributed by atoms with E-state index in [2.05, 4.69) is 4.98 Å². The van der Waals surface area contributed by atoms with Gasteiger partial charge in [-0.3, -0.25) is 4.79 Å². The Morgan fingerprint density at radius 2 is 1.90 bits per heavy atom. The molecule has 0 saturated carbocycles. The second-order valence-electron chi connectivity index (χ2n) is 4.52. The number of nitrogens with one attached hydrogen (secondary N) is 1. The lowest BCUT2D eigenvalue weighted by molar-refractivity contribution is 0.613. The number of aromatic nitrogens is 2. The number of rotatable bonds is 1. The summed E-state index contributed by atoms with van der Waals surface area (Å²) in [5, 5.41) is 0.476. The van der Waals surface area contributed by atoms with Crippen LogP contribution in [0.1, 0.15) is 5.56 Å². The Labute approximate surface area is 119 Å². The zero-order valence-electron chi connectivity index (χ0n) is 10.7. The monoisotopic (exact) mass is 286 g/mol. The Morgan fingerprint density at radius 3 is 2.65 bits per heavy atom. The molecule has 1 N–H and O–H groups in total. The van der Waals surface area contributed by atoms with Gasteiger partial charge in [-0.15, -0.1) is 0 Å². The Kier molecular flexibility index (Phi) is 2.99. The number of halogens is 1. The number of hydrogen-bond donors (Lipinski definition) is 1. The Hall–Kier alpha value is -2.27. The van der Waals surface area contributed by atoms with Crippen LogP contribution in [0.15, 0.2) is 47.3 Å². The first-order chi connectivity index (χ1) is 9.59. The molecule has 3 aromatic rings. The van der Waals surface area contributed by atoms with Gasteiger partial charge < -0.3 is 4.98 Å². The fraction of sp³-hybridized carbons (Fsp3) is 0.0667. The molecular formula is C15H11FN2OS. The van der Waals surface area contributed by atoms with Gasteiger partial charge in [0.1, 0.15) is 5.82 Å². The lowest BCUT2D eigenvalue weighted by atomic mass is 10.2. The van der Waals surface area contributed by atoms with E-state index >= 15 is 0 Å². The number of aryl methyl sites for hydroxylation is 1. The van der Waals surface area contributed by atoms with Gasteiger partial charge in [-0.25, -0.2) is 8.96 Å². The van der Waals surface area contributed by atoms with E-state index in [1.165, 1.54) is 10.6 Å². The van der Waals surface area contributed by atoms with E-state index < -0.39 is 5.82 Å². The molecule has 1 aromatic heterocycles. The van der Waals surface area contributed by atoms with Crippen molar-refractivity contribution in [3.63, 3.8) is 0 Å². The van der Waals surface area contributed by atoms with Crippen LogP contribution in [-0.4, -0.2) is 9.55 Å². The number of H-pyrrole nitrogens is 1. The summed E-state index contributed by atoms with van der Waals surface area (Å²) in [5.74, 6) is -0.470. The molecule has 0 fully saturated rings. The number of nitrogens with zero attached hydrogens (tertiary/aromatic N) is 1. The minimum atomic E-state index is -0.470. The second kappa shape index (κ2) is 4.68. The minimum absolute atomic E-state index is 0.182. The lowest BCUT2D eigenvalue weighted by Gasteiger charge is -2.11. The average Bonchev–Trinajstić information content (AvgIpc) is 2.42. The van der Waals surface area contributed by atoms with Gasteiger partial charge in [0.15, 0.2) is 4.77 Å². The van der Waals surface area contributed by atoms with E-state index in [9.17, 15) is 9.18 Å². The van der Waals surface area contributed by atoms with Gasteiger partial charge in [0, 0.05) is 0 Å². The maximum Gasteiger partial charge on any atom is 0.266 e. The molecule has 0 saturated heterocycles. The van der Waals surface area contributed by atoms with Gasteiger partial charge in [0.05, 0.1) is 16.6 Å². The SMILES string of the molecule is Cc1cccc(F)c1-n1c(=S)[nH]c2ccccc2c1=O. The predicted molar refractivity (Wildman–Crippen MR) is 79.4 cm³/mol. The molecule has 2 aromatic carbocycles. The molecule has 0 aliphatic heterocycles. The first-order valence-corrected chi connectivity index (χ1v) is 6.50. The maximum atomic E-state index is 14.1. The van der Waals surface area contributed by atoms with E-state index in [0.717, 1.165) is 0 Å². The molecule has 1 heterocycles. The summed E-state index contributed by atoms with van der Waals surface area (Å²) >= 11 is 5.21. The van der Waals surface area contributed by atoms with Crippen molar-refractivity contribution in [1.82, 2.24) is 9.55 Å². The first-order valence-electron chi connectivity index (χ1n) is 6.09. The topological polar surface area (TPSA) is 37.8 Å². The van der Waals surface area contributed by atoms with Gasteiger partial charge in [-0.1, -0.05) is 24.3 Å². The van der Waals surface area contributed by atoms with Crippen molar-refractivity contribution in [3.05, 3.63) is 69.0 Å². The largest absolute Gasteiger partial charge is 0.331 e. The molecule has 0 aliphatic carbocycles. The highest BCUT2D eigenvalue weighted by Crippen LogP contribution is 2.18. The molecule has 0 bridgehead atoms. The summed E-state index contributed by atoms with van der Waals surface area (Å²) in [4.78, 5) is 15.5. The third kappa shape index (κ3) is 1.87. The van der Waals surface area contributed by atoms with Crippen LogP contribution in [-0.2, 0) is 0 Å². The smallest absolute Gasteiger partial charge is 0.266 e. The summed E-state index contributed by atoms with van der Waals surface area (Å²) in [5.41, 5.74) is 1.18. The number of benzene rings is 2. The molecule has 20 heavy (non-hydrogen) atoms. The fourth-order valence-electron chi connectivity index (χ4n) is 2.27. The number of hydrogen-bond acceptors (Lipinski definition) is 2. The molecule has 100 valence electrons. The summed E-state index contributed by atoms with van der Waals surface area (Å²) in [6, 6.07) is 11.7. The third-order valence-corrected chi connectivity index (χ3v) is 3.50. The minimum Gasteiger partial charge on any atom is -0.331 e. The zero-order chi connectivity index (χ0) is 14.3. The molecule has 0 radical (unpaired) electrons. The normalized spacial score (nSPS) is 10.9. The highest BCUT2D eigenvalue weighted by molar-refractivity contribution is 7.71. The van der Waals surface area contributed by atoms with E-state index in [1.54, 1.807) is 37.3 Å². The number of fused-ring (bicyclic) bond motifs is 1. The van der Waals surface area contributed by atoms with Crippen LogP contribution in [0.3, 0.4) is 0 Å². The third-order valence-electron chi connectivity index (χ3n) is 3.22. The highest BCUT2D eigenvalue weighted by atomic mass is 32.1. The number of aromatic amines is 1. The van der Waals surface area contributed by atoms with Crippen LogP contribution in [0.2, 0.25) is 0 Å². The summed E-state index contributed by atoms with van der Waals surface area (Å²) in [6.45, 7) is 1.74. The van der Waals surface area contributed by atoms with Crippen LogP contribution in [0.4, 0.5) is 4.39 Å². The van der Waals surface area contributed by atoms with Gasteiger partial charge in [0.25, 0.3) is 5.56 Å². The van der Waals surface area contributed by atoms with E-state index in [0.29, 0.717) is 16.5 Å². The predicted octanol–water partition coefficient (Wildman–Crippen LogP) is 3.50. The first kappa shape index (κ1) is 12.7. The van der Waals surface area contributed by atoms with Crippen molar-refractivity contribution in [2.75, 3.05) is 0 Å². The van der Waals surface area contributed by atoms with E-state index in [1.807, 2.05) is 6.07 Å². The molecule has 0 aliphatic rings. The summed E-state index contributed by atoms with van der Waals surface area (Å²) < 4.78 is 15.5. The highest BCUT2D eigenvalue weighted by Gasteiger charge is 2.13. The molecule has 0 unspecified atom stereocenters. The fourth-order valence-corrected chi connectivity index (χ4v) is 2.56. The summed E-state index contributed by atoms with van der Waals surface area (Å²) in [7, 11) is 0. The Morgan fingerprint density at radius 1 is 1.15 bits per heavy atom. The number of para-hydroxylation sites is 2. The van der Waals surface area contributed by atoms with Crippen LogP contribution >= 0.6 is 12.2 Å². The molecule has 0 spiro atoms. The van der Waals surface area contributed by atoms with Crippen molar-refractivity contribution in [2.45, 2.75) is 6.92 Å². The van der Waals surface area contributed by atoms with Crippen molar-refractivity contribution in [2.24, 2.45) is 0 Å². The van der Waals surface area contributed by atoms with Gasteiger partial charge in [0.2, 0.25) is 0 Å². The molecular weight excluding hydrogens is 275 g/mol. The Balaban J connectivity index is 2.50. The van der Waals surface area contributed by atoms with Crippen molar-refractivity contribution in [1.29, 1.82) is 0 Å². The van der Waals surface area contributed by atoms with Crippen LogP contribution in [0.5, 0.6) is 0 Å². The van der Waals surface area contributed by atoms with Gasteiger partial charge in [-0.05, 0) is 42.9 Å². The van der Waals surface area contributed by atoms with E-state index in [4.69, 9.17) is 12.2 Å². The Bertz CT molecular complexity index is 907. The molecule has 0 amide bonds. The van der Waals surface area contributed by atoms with Gasteiger partial charge >= 0.3 is 0 Å².